The maximum Gasteiger partial charge on any atom is 0.233 e. The summed E-state index contributed by atoms with van der Waals surface area (Å²) in [5.74, 6) is -3.71. The molecular formula is C41H39NO6. The van der Waals surface area contributed by atoms with Crippen molar-refractivity contribution in [2.24, 2.45) is 23.7 Å². The molecule has 48 heavy (non-hydrogen) atoms. The topological polar surface area (TPSA) is 101 Å². The van der Waals surface area contributed by atoms with Crippen LogP contribution in [-0.4, -0.2) is 46.5 Å². The number of likely N-dealkylation sites (tertiary alicyclic amines) is 1. The molecule has 4 aliphatic carbocycles. The smallest absolute Gasteiger partial charge is 0.233 e. The minimum atomic E-state index is -1.40. The third kappa shape index (κ3) is 4.32. The number of carbonyl (C=O) groups excluding carboxylic acids is 4. The number of fused-ring (bicyclic) bond motifs is 4. The Balaban J connectivity index is 1.36. The summed E-state index contributed by atoms with van der Waals surface area (Å²) in [5.41, 5.74) is 1.60. The summed E-state index contributed by atoms with van der Waals surface area (Å²) in [6.45, 7) is 0. The molecule has 0 spiro atoms. The molecule has 0 radical (unpaired) electrons. The quantitative estimate of drug-likeness (QED) is 0.250. The Morgan fingerprint density at radius 1 is 0.812 bits per heavy atom. The number of methoxy groups -OCH3 is 1. The molecule has 6 atom stereocenters. The molecule has 7 heteroatoms. The van der Waals surface area contributed by atoms with Crippen LogP contribution in [0.4, 0.5) is 0 Å². The van der Waals surface area contributed by atoms with E-state index in [1.54, 1.807) is 23.1 Å². The highest BCUT2D eigenvalue weighted by Crippen LogP contribution is 2.65. The zero-order valence-corrected chi connectivity index (χ0v) is 27.0. The Bertz CT molecular complexity index is 1870. The Kier molecular flexibility index (Phi) is 7.46. The fourth-order valence-corrected chi connectivity index (χ4v) is 9.88. The van der Waals surface area contributed by atoms with Gasteiger partial charge in [-0.2, -0.15) is 0 Å². The molecule has 8 rings (SSSR count). The number of phenolic OH excluding ortho intramolecular Hbond substituents is 1. The summed E-state index contributed by atoms with van der Waals surface area (Å²) in [7, 11) is 1.48. The summed E-state index contributed by atoms with van der Waals surface area (Å²) in [6, 6.07) is 23.8. The number of hydrogen-bond acceptors (Lipinski definition) is 6. The standard InChI is InChI=1S/C41H39NO6/c1-48-33-19-11-18-29(38(33)45)36-27-20-21-28-35(40(47)42(39(28)46)26-16-9-4-10-17-26)31(27)22-32-37(44)30(24-12-5-2-6-13-24)23-34(43)41(32,36)25-14-7-3-8-15-25/h2-3,5-8,11-15,18-20,23,26,28,31-32,35-36,45H,4,9-10,16-17,21-22H2,1H3/t28-,31+,32-,35-,36+,41-/m0/s1. The Morgan fingerprint density at radius 2 is 1.52 bits per heavy atom. The van der Waals surface area contributed by atoms with Crippen molar-refractivity contribution < 1.29 is 29.0 Å². The Labute approximate surface area is 280 Å². The lowest BCUT2D eigenvalue weighted by atomic mass is 9.44. The highest BCUT2D eigenvalue weighted by Gasteiger charge is 2.66. The Hall–Kier alpha value is -4.78. The van der Waals surface area contributed by atoms with Crippen molar-refractivity contribution in [3.63, 3.8) is 0 Å². The van der Waals surface area contributed by atoms with E-state index in [2.05, 4.69) is 0 Å². The van der Waals surface area contributed by atoms with Gasteiger partial charge in [0.05, 0.1) is 24.4 Å². The van der Waals surface area contributed by atoms with E-state index in [9.17, 15) is 14.7 Å². The molecule has 1 aliphatic heterocycles. The van der Waals surface area contributed by atoms with Crippen LogP contribution in [0.2, 0.25) is 0 Å². The average molecular weight is 642 g/mol. The van der Waals surface area contributed by atoms with Crippen molar-refractivity contribution in [1.82, 2.24) is 4.90 Å². The summed E-state index contributed by atoms with van der Waals surface area (Å²) >= 11 is 0. The number of para-hydroxylation sites is 1. The van der Waals surface area contributed by atoms with Crippen molar-refractivity contribution in [3.8, 4) is 11.5 Å². The van der Waals surface area contributed by atoms with Gasteiger partial charge in [0.1, 0.15) is 0 Å². The molecule has 3 aromatic rings. The monoisotopic (exact) mass is 641 g/mol. The molecule has 244 valence electrons. The number of ether oxygens (including phenoxy) is 1. The van der Waals surface area contributed by atoms with E-state index in [-0.39, 0.29) is 47.3 Å². The summed E-state index contributed by atoms with van der Waals surface area (Å²) < 4.78 is 5.55. The second-order valence-electron chi connectivity index (χ2n) is 14.0. The number of ketones is 2. The predicted molar refractivity (Wildman–Crippen MR) is 180 cm³/mol. The lowest BCUT2D eigenvalue weighted by Crippen LogP contribution is -2.58. The third-order valence-corrected chi connectivity index (χ3v) is 11.9. The van der Waals surface area contributed by atoms with Gasteiger partial charge in [-0.1, -0.05) is 104 Å². The first kappa shape index (κ1) is 30.5. The van der Waals surface area contributed by atoms with E-state index in [1.165, 1.54) is 13.2 Å². The van der Waals surface area contributed by atoms with E-state index in [1.807, 2.05) is 66.7 Å². The van der Waals surface area contributed by atoms with Crippen LogP contribution in [0.5, 0.6) is 11.5 Å². The molecule has 2 saturated carbocycles. The highest BCUT2D eigenvalue weighted by atomic mass is 16.5. The maximum atomic E-state index is 15.1. The molecule has 0 unspecified atom stereocenters. The number of amides is 2. The summed E-state index contributed by atoms with van der Waals surface area (Å²) in [6.07, 6.45) is 8.88. The van der Waals surface area contributed by atoms with Crippen LogP contribution in [0.3, 0.4) is 0 Å². The summed E-state index contributed by atoms with van der Waals surface area (Å²) in [5, 5.41) is 11.8. The number of hydrogen-bond donors (Lipinski definition) is 1. The van der Waals surface area contributed by atoms with E-state index in [0.29, 0.717) is 28.7 Å². The van der Waals surface area contributed by atoms with Gasteiger partial charge in [0.15, 0.2) is 23.1 Å². The summed E-state index contributed by atoms with van der Waals surface area (Å²) in [4.78, 5) is 60.2. The van der Waals surface area contributed by atoms with Crippen LogP contribution in [0.25, 0.3) is 5.57 Å². The van der Waals surface area contributed by atoms with E-state index >= 15 is 9.59 Å². The molecule has 0 aromatic heterocycles. The predicted octanol–water partition coefficient (Wildman–Crippen LogP) is 6.56. The molecule has 1 saturated heterocycles. The van der Waals surface area contributed by atoms with Crippen molar-refractivity contribution in [2.45, 2.75) is 62.3 Å². The van der Waals surface area contributed by atoms with Gasteiger partial charge in [-0.3, -0.25) is 24.1 Å². The maximum absolute atomic E-state index is 15.1. The number of imide groups is 1. The van der Waals surface area contributed by atoms with Gasteiger partial charge in [0, 0.05) is 29.0 Å². The van der Waals surface area contributed by atoms with Crippen molar-refractivity contribution in [2.75, 3.05) is 7.11 Å². The molecular weight excluding hydrogens is 602 g/mol. The molecule has 3 fully saturated rings. The van der Waals surface area contributed by atoms with Gasteiger partial charge in [0.25, 0.3) is 0 Å². The molecule has 7 nitrogen and oxygen atoms in total. The van der Waals surface area contributed by atoms with Crippen molar-refractivity contribution in [1.29, 1.82) is 0 Å². The molecule has 1 heterocycles. The van der Waals surface area contributed by atoms with Crippen LogP contribution in [-0.2, 0) is 24.6 Å². The number of carbonyl (C=O) groups is 4. The zero-order chi connectivity index (χ0) is 33.2. The first-order valence-electron chi connectivity index (χ1n) is 17.2. The van der Waals surface area contributed by atoms with Crippen LogP contribution in [0.15, 0.2) is 96.6 Å². The fourth-order valence-electron chi connectivity index (χ4n) is 9.88. The molecule has 5 aliphatic rings. The van der Waals surface area contributed by atoms with Crippen LogP contribution >= 0.6 is 0 Å². The highest BCUT2D eigenvalue weighted by molar-refractivity contribution is 6.31. The van der Waals surface area contributed by atoms with E-state index in [4.69, 9.17) is 4.74 Å². The first-order valence-corrected chi connectivity index (χ1v) is 17.2. The number of Topliss-reactive ketones (excluding diaryl/α,β-unsaturated/α-hetero) is 1. The third-order valence-electron chi connectivity index (χ3n) is 11.9. The zero-order valence-electron chi connectivity index (χ0n) is 27.0. The SMILES string of the molecule is COc1cccc([C@H]2C3=CC[C@@H]4C(=O)N(C5CCCCC5)C(=O)[C@@H]4[C@@H]3C[C@H]3C(=O)C(c4ccccc4)=CC(=O)[C@@]23c2ccccc2)c1O. The van der Waals surface area contributed by atoms with E-state index in [0.717, 1.165) is 37.7 Å². The van der Waals surface area contributed by atoms with Crippen molar-refractivity contribution in [3.05, 3.63) is 113 Å². The van der Waals surface area contributed by atoms with Gasteiger partial charge in [-0.15, -0.1) is 0 Å². The molecule has 1 N–H and O–H groups in total. The molecule has 2 amide bonds. The lowest BCUT2D eigenvalue weighted by Gasteiger charge is -2.55. The van der Waals surface area contributed by atoms with Gasteiger partial charge in [-0.05, 0) is 54.9 Å². The number of benzene rings is 3. The van der Waals surface area contributed by atoms with Crippen LogP contribution in [0.1, 0.15) is 67.6 Å². The van der Waals surface area contributed by atoms with Gasteiger partial charge < -0.3 is 9.84 Å². The number of nitrogens with zero attached hydrogens (tertiary/aromatic N) is 1. The van der Waals surface area contributed by atoms with Gasteiger partial charge >= 0.3 is 0 Å². The van der Waals surface area contributed by atoms with Gasteiger partial charge in [-0.25, -0.2) is 0 Å². The second-order valence-corrected chi connectivity index (χ2v) is 14.0. The minimum Gasteiger partial charge on any atom is -0.504 e. The fraction of sp³-hybridized carbons (Fsp3) is 0.366. The number of rotatable bonds is 5. The van der Waals surface area contributed by atoms with Gasteiger partial charge in [0.2, 0.25) is 11.8 Å². The van der Waals surface area contributed by atoms with Crippen LogP contribution < -0.4 is 4.74 Å². The van der Waals surface area contributed by atoms with Crippen LogP contribution in [0, 0.1) is 23.7 Å². The molecule has 0 bridgehead atoms. The lowest BCUT2D eigenvalue weighted by molar-refractivity contribution is -0.144. The van der Waals surface area contributed by atoms with Crippen molar-refractivity contribution >= 4 is 29.0 Å². The first-order chi connectivity index (χ1) is 23.4. The number of allylic oxidation sites excluding steroid dienone is 4. The second kappa shape index (κ2) is 11.7. The Morgan fingerprint density at radius 3 is 2.23 bits per heavy atom. The molecule has 3 aromatic carbocycles. The number of aromatic hydroxyl groups is 1. The minimum absolute atomic E-state index is 0.0940. The van der Waals surface area contributed by atoms with E-state index < -0.39 is 35.0 Å². The average Bonchev–Trinajstić information content (AvgIpc) is 3.39. The number of phenols is 1. The largest absolute Gasteiger partial charge is 0.504 e. The normalized spacial score (nSPS) is 30.3.